The normalized spacial score (nSPS) is 8.86. The third-order valence-electron chi connectivity index (χ3n) is 1.62. The van der Waals surface area contributed by atoms with Crippen LogP contribution in [0.1, 0.15) is 26.3 Å². The molecule has 0 aliphatic rings. The number of nitro benzene ring substituents is 1. The van der Waals surface area contributed by atoms with Crippen LogP contribution in [0.2, 0.25) is 0 Å². The second kappa shape index (κ2) is 6.54. The maximum Gasteiger partial charge on any atom is 0.273 e. The minimum Gasteiger partial charge on any atom is -0.258 e. The van der Waals surface area contributed by atoms with E-state index in [1.807, 2.05) is 26.8 Å². The van der Waals surface area contributed by atoms with Crippen LogP contribution in [-0.4, -0.2) is 4.92 Å². The highest BCUT2D eigenvalue weighted by molar-refractivity contribution is 9.10. The molecule has 0 heterocycles. The van der Waals surface area contributed by atoms with Crippen LogP contribution in [0.15, 0.2) is 22.7 Å². The first-order valence-corrected chi connectivity index (χ1v) is 5.37. The van der Waals surface area contributed by atoms with Gasteiger partial charge in [0.05, 0.1) is 4.92 Å². The van der Waals surface area contributed by atoms with Crippen LogP contribution in [0.5, 0.6) is 0 Å². The first-order chi connectivity index (χ1) is 6.65. The van der Waals surface area contributed by atoms with Crippen molar-refractivity contribution in [3.05, 3.63) is 38.3 Å². The molecule has 0 spiro atoms. The molecule has 4 heteroatoms. The van der Waals surface area contributed by atoms with E-state index in [4.69, 9.17) is 0 Å². The van der Waals surface area contributed by atoms with Crippen molar-refractivity contribution in [3.63, 3.8) is 0 Å². The van der Waals surface area contributed by atoms with Crippen LogP contribution in [0, 0.1) is 10.1 Å². The first-order valence-electron chi connectivity index (χ1n) is 4.58. The maximum atomic E-state index is 10.5. The lowest BCUT2D eigenvalue weighted by Gasteiger charge is -1.98. The summed E-state index contributed by atoms with van der Waals surface area (Å²) in [7, 11) is 0. The van der Waals surface area contributed by atoms with E-state index in [-0.39, 0.29) is 10.6 Å². The fourth-order valence-corrected chi connectivity index (χ4v) is 1.35. The molecule has 0 saturated heterocycles. The molecule has 14 heavy (non-hydrogen) atoms. The number of rotatable bonds is 2. The minimum atomic E-state index is -0.358. The topological polar surface area (TPSA) is 43.1 Å². The van der Waals surface area contributed by atoms with Crippen LogP contribution in [0.4, 0.5) is 5.69 Å². The van der Waals surface area contributed by atoms with E-state index >= 15 is 0 Å². The zero-order valence-corrected chi connectivity index (χ0v) is 10.2. The van der Waals surface area contributed by atoms with Crippen LogP contribution < -0.4 is 0 Å². The van der Waals surface area contributed by atoms with Crippen molar-refractivity contribution in [2.75, 3.05) is 0 Å². The quantitative estimate of drug-likeness (QED) is 0.597. The third-order valence-corrected chi connectivity index (χ3v) is 2.12. The van der Waals surface area contributed by atoms with Gasteiger partial charge in [-0.05, 0) is 12.5 Å². The minimum absolute atomic E-state index is 0.187. The lowest BCUT2D eigenvalue weighted by atomic mass is 10.1. The lowest BCUT2D eigenvalue weighted by Crippen LogP contribution is -1.93. The molecule has 0 aliphatic heterocycles. The van der Waals surface area contributed by atoms with E-state index < -0.39 is 0 Å². The number of hydrogen-bond donors (Lipinski definition) is 0. The van der Waals surface area contributed by atoms with Gasteiger partial charge in [0, 0.05) is 16.1 Å². The molecule has 1 rings (SSSR count). The summed E-state index contributed by atoms with van der Waals surface area (Å²) in [5, 5.41) is 10.5. The summed E-state index contributed by atoms with van der Waals surface area (Å²) < 4.78 is 0.742. The molecule has 78 valence electrons. The van der Waals surface area contributed by atoms with Gasteiger partial charge < -0.3 is 0 Å². The number of hydrogen-bond acceptors (Lipinski definition) is 2. The number of nitro groups is 1. The number of halogens is 1. The van der Waals surface area contributed by atoms with Crippen molar-refractivity contribution in [3.8, 4) is 0 Å². The van der Waals surface area contributed by atoms with Gasteiger partial charge in [0.25, 0.3) is 5.69 Å². The van der Waals surface area contributed by atoms with E-state index in [9.17, 15) is 10.1 Å². The van der Waals surface area contributed by atoms with Gasteiger partial charge in [-0.1, -0.05) is 42.8 Å². The highest BCUT2D eigenvalue weighted by Gasteiger charge is 2.11. The van der Waals surface area contributed by atoms with Gasteiger partial charge >= 0.3 is 0 Å². The molecule has 0 N–H and O–H groups in total. The van der Waals surface area contributed by atoms with E-state index in [2.05, 4.69) is 15.9 Å². The van der Waals surface area contributed by atoms with Crippen LogP contribution in [0.25, 0.3) is 0 Å². The zero-order valence-electron chi connectivity index (χ0n) is 8.58. The highest BCUT2D eigenvalue weighted by atomic mass is 79.9. The van der Waals surface area contributed by atoms with Crippen molar-refractivity contribution in [2.45, 2.75) is 27.2 Å². The Morgan fingerprint density at radius 3 is 2.43 bits per heavy atom. The Hall–Kier alpha value is -0.900. The van der Waals surface area contributed by atoms with Crippen molar-refractivity contribution in [1.82, 2.24) is 0 Å². The Morgan fingerprint density at radius 1 is 1.43 bits per heavy atom. The average Bonchev–Trinajstić information content (AvgIpc) is 2.20. The SMILES string of the molecule is CC.CCc1ccc(Br)cc1[N+](=O)[O-]. The molecule has 0 saturated carbocycles. The average molecular weight is 260 g/mol. The summed E-state index contributed by atoms with van der Waals surface area (Å²) in [6, 6.07) is 5.10. The second-order valence-corrected chi connectivity index (χ2v) is 3.30. The highest BCUT2D eigenvalue weighted by Crippen LogP contribution is 2.23. The van der Waals surface area contributed by atoms with E-state index in [1.165, 1.54) is 6.07 Å². The smallest absolute Gasteiger partial charge is 0.258 e. The molecule has 0 aliphatic carbocycles. The second-order valence-electron chi connectivity index (χ2n) is 2.38. The van der Waals surface area contributed by atoms with E-state index in [0.29, 0.717) is 6.42 Å². The zero-order chi connectivity index (χ0) is 11.1. The Morgan fingerprint density at radius 2 is 2.00 bits per heavy atom. The molecule has 0 fully saturated rings. The molecule has 0 radical (unpaired) electrons. The molecule has 0 unspecified atom stereocenters. The molecule has 0 aromatic heterocycles. The third kappa shape index (κ3) is 3.46. The molecular weight excluding hydrogens is 246 g/mol. The fraction of sp³-hybridized carbons (Fsp3) is 0.400. The van der Waals surface area contributed by atoms with Crippen molar-refractivity contribution < 1.29 is 4.92 Å². The predicted octanol–water partition coefficient (Wildman–Crippen LogP) is 3.95. The molecule has 1 aromatic carbocycles. The maximum absolute atomic E-state index is 10.5. The molecule has 0 atom stereocenters. The van der Waals surface area contributed by atoms with E-state index in [1.54, 1.807) is 6.07 Å². The van der Waals surface area contributed by atoms with Gasteiger partial charge in [0.1, 0.15) is 0 Å². The Labute approximate surface area is 92.4 Å². The summed E-state index contributed by atoms with van der Waals surface area (Å²) in [6.45, 7) is 5.90. The monoisotopic (exact) mass is 259 g/mol. The van der Waals surface area contributed by atoms with Crippen LogP contribution >= 0.6 is 15.9 Å². The Bertz CT molecular complexity index is 313. The van der Waals surface area contributed by atoms with Crippen molar-refractivity contribution >= 4 is 21.6 Å². The molecular formula is C10H14BrNO2. The first kappa shape index (κ1) is 13.1. The molecule has 0 amide bonds. The summed E-state index contributed by atoms with van der Waals surface area (Å²) >= 11 is 3.19. The van der Waals surface area contributed by atoms with Gasteiger partial charge in [-0.2, -0.15) is 0 Å². The summed E-state index contributed by atoms with van der Waals surface area (Å²) in [6.07, 6.45) is 0.684. The van der Waals surface area contributed by atoms with E-state index in [0.717, 1.165) is 10.0 Å². The van der Waals surface area contributed by atoms with Crippen LogP contribution in [0.3, 0.4) is 0 Å². The van der Waals surface area contributed by atoms with Crippen molar-refractivity contribution in [2.24, 2.45) is 0 Å². The number of benzene rings is 1. The summed E-state index contributed by atoms with van der Waals surface area (Å²) in [5.74, 6) is 0. The van der Waals surface area contributed by atoms with Crippen LogP contribution in [-0.2, 0) is 6.42 Å². The predicted molar refractivity (Wildman–Crippen MR) is 61.5 cm³/mol. The van der Waals surface area contributed by atoms with Gasteiger partial charge in [-0.15, -0.1) is 0 Å². The number of aryl methyl sites for hydroxylation is 1. The van der Waals surface area contributed by atoms with Crippen molar-refractivity contribution in [1.29, 1.82) is 0 Å². The lowest BCUT2D eigenvalue weighted by molar-refractivity contribution is -0.385. The fourth-order valence-electron chi connectivity index (χ4n) is 1.01. The van der Waals surface area contributed by atoms with Gasteiger partial charge in [0.2, 0.25) is 0 Å². The standard InChI is InChI=1S/C8H8BrNO2.C2H6/c1-2-6-3-4-7(9)5-8(6)10(11)12;1-2/h3-5H,2H2,1H3;1-2H3. The molecule has 1 aromatic rings. The summed E-state index contributed by atoms with van der Waals surface area (Å²) in [5.41, 5.74) is 0.954. The largest absolute Gasteiger partial charge is 0.273 e. The molecule has 0 bridgehead atoms. The number of nitrogens with zero attached hydrogens (tertiary/aromatic N) is 1. The van der Waals surface area contributed by atoms with Gasteiger partial charge in [-0.3, -0.25) is 10.1 Å². The van der Waals surface area contributed by atoms with Gasteiger partial charge in [0.15, 0.2) is 0 Å². The Balaban J connectivity index is 0.000000791. The Kier molecular flexibility index (Phi) is 6.12. The molecule has 3 nitrogen and oxygen atoms in total. The summed E-state index contributed by atoms with van der Waals surface area (Å²) in [4.78, 5) is 10.2. The van der Waals surface area contributed by atoms with Gasteiger partial charge in [-0.25, -0.2) is 0 Å².